The standard InChI is InChI=1S/C23H16/c1-2-8-17-15-18(14-13-16(17)7-1)23-21-11-5-3-9-19(21)20-10-4-6-12-22(20)23/h1-15,23H. The molecule has 108 valence electrons. The van der Waals surface area contributed by atoms with Gasteiger partial charge in [0.05, 0.1) is 0 Å². The summed E-state index contributed by atoms with van der Waals surface area (Å²) in [5.41, 5.74) is 6.97. The number of hydrogen-bond acceptors (Lipinski definition) is 0. The first-order chi connectivity index (χ1) is 11.4. The molecule has 0 heteroatoms. The Balaban J connectivity index is 1.78. The fourth-order valence-corrected chi connectivity index (χ4v) is 3.90. The molecule has 0 atom stereocenters. The second kappa shape index (κ2) is 4.82. The fraction of sp³-hybridized carbons (Fsp3) is 0.0435. The van der Waals surface area contributed by atoms with Gasteiger partial charge >= 0.3 is 0 Å². The van der Waals surface area contributed by atoms with Gasteiger partial charge in [-0.1, -0.05) is 91.0 Å². The van der Waals surface area contributed by atoms with Crippen molar-refractivity contribution in [2.75, 3.05) is 0 Å². The molecule has 0 heterocycles. The average Bonchev–Trinajstić information content (AvgIpc) is 2.96. The van der Waals surface area contributed by atoms with Gasteiger partial charge in [0.15, 0.2) is 0 Å². The van der Waals surface area contributed by atoms with E-state index in [2.05, 4.69) is 91.0 Å². The van der Waals surface area contributed by atoms with Crippen LogP contribution >= 0.6 is 0 Å². The first-order valence-corrected chi connectivity index (χ1v) is 8.09. The van der Waals surface area contributed by atoms with Crippen molar-refractivity contribution < 1.29 is 0 Å². The molecular formula is C23H16. The predicted octanol–water partition coefficient (Wildman–Crippen LogP) is 6.00. The van der Waals surface area contributed by atoms with Gasteiger partial charge in [-0.25, -0.2) is 0 Å². The van der Waals surface area contributed by atoms with Gasteiger partial charge in [-0.3, -0.25) is 0 Å². The van der Waals surface area contributed by atoms with Crippen LogP contribution < -0.4 is 0 Å². The summed E-state index contributed by atoms with van der Waals surface area (Å²) >= 11 is 0. The van der Waals surface area contributed by atoms with Crippen LogP contribution in [0, 0.1) is 0 Å². The molecule has 4 aromatic carbocycles. The lowest BCUT2D eigenvalue weighted by molar-refractivity contribution is 1.02. The SMILES string of the molecule is c1ccc2c(c1)-c1ccccc1C2c1ccc2ccccc2c1. The van der Waals surface area contributed by atoms with E-state index in [0.717, 1.165) is 0 Å². The number of hydrogen-bond donors (Lipinski definition) is 0. The Kier molecular flexibility index (Phi) is 2.65. The molecule has 0 saturated carbocycles. The Morgan fingerprint density at radius 1 is 0.478 bits per heavy atom. The van der Waals surface area contributed by atoms with Crippen LogP contribution in [0.3, 0.4) is 0 Å². The summed E-state index contributed by atoms with van der Waals surface area (Å²) in [5.74, 6) is 0.340. The summed E-state index contributed by atoms with van der Waals surface area (Å²) in [6, 6.07) is 33.1. The molecule has 0 aliphatic heterocycles. The lowest BCUT2D eigenvalue weighted by Crippen LogP contribution is -1.98. The molecule has 0 fully saturated rings. The van der Waals surface area contributed by atoms with E-state index in [1.165, 1.54) is 38.6 Å². The highest BCUT2D eigenvalue weighted by Crippen LogP contribution is 2.47. The number of fused-ring (bicyclic) bond motifs is 4. The maximum absolute atomic E-state index is 2.35. The Bertz CT molecular complexity index is 981. The molecule has 1 aliphatic rings. The second-order valence-electron chi connectivity index (χ2n) is 6.21. The van der Waals surface area contributed by atoms with Crippen molar-refractivity contribution in [3.63, 3.8) is 0 Å². The molecule has 0 aromatic heterocycles. The molecule has 0 bridgehead atoms. The lowest BCUT2D eigenvalue weighted by Gasteiger charge is -2.15. The molecule has 5 rings (SSSR count). The quantitative estimate of drug-likeness (QED) is 0.355. The highest BCUT2D eigenvalue weighted by atomic mass is 14.3. The van der Waals surface area contributed by atoms with Crippen molar-refractivity contribution in [1.82, 2.24) is 0 Å². The van der Waals surface area contributed by atoms with Crippen LogP contribution in [0.25, 0.3) is 21.9 Å². The minimum absolute atomic E-state index is 0.340. The van der Waals surface area contributed by atoms with Crippen molar-refractivity contribution in [3.8, 4) is 11.1 Å². The molecule has 0 nitrogen and oxygen atoms in total. The third kappa shape index (κ3) is 1.85. The van der Waals surface area contributed by atoms with Crippen molar-refractivity contribution in [3.05, 3.63) is 108 Å². The Labute approximate surface area is 136 Å². The Morgan fingerprint density at radius 3 is 1.74 bits per heavy atom. The smallest absolute Gasteiger partial charge is 0.0352 e. The van der Waals surface area contributed by atoms with Crippen LogP contribution in [0.15, 0.2) is 91.0 Å². The highest BCUT2D eigenvalue weighted by Gasteiger charge is 2.29. The zero-order valence-corrected chi connectivity index (χ0v) is 12.7. The van der Waals surface area contributed by atoms with Crippen molar-refractivity contribution >= 4 is 10.8 Å². The highest BCUT2D eigenvalue weighted by molar-refractivity contribution is 5.85. The van der Waals surface area contributed by atoms with Crippen molar-refractivity contribution in [2.45, 2.75) is 5.92 Å². The summed E-state index contributed by atoms with van der Waals surface area (Å²) in [6.07, 6.45) is 0. The van der Waals surface area contributed by atoms with Crippen molar-refractivity contribution in [1.29, 1.82) is 0 Å². The minimum atomic E-state index is 0.340. The maximum atomic E-state index is 2.35. The largest absolute Gasteiger partial charge is 0.0619 e. The zero-order chi connectivity index (χ0) is 15.2. The third-order valence-corrected chi connectivity index (χ3v) is 4.94. The summed E-state index contributed by atoms with van der Waals surface area (Å²) in [6.45, 7) is 0. The van der Waals surface area contributed by atoms with Gasteiger partial charge < -0.3 is 0 Å². The molecule has 0 radical (unpaired) electrons. The predicted molar refractivity (Wildman–Crippen MR) is 96.8 cm³/mol. The summed E-state index contributed by atoms with van der Waals surface area (Å²) in [7, 11) is 0. The van der Waals surface area contributed by atoms with Crippen LogP contribution in [0.1, 0.15) is 22.6 Å². The van der Waals surface area contributed by atoms with Crippen LogP contribution in [0.2, 0.25) is 0 Å². The van der Waals surface area contributed by atoms with E-state index < -0.39 is 0 Å². The topological polar surface area (TPSA) is 0 Å². The molecule has 0 N–H and O–H groups in total. The molecule has 4 aromatic rings. The van der Waals surface area contributed by atoms with Gasteiger partial charge in [-0.2, -0.15) is 0 Å². The van der Waals surface area contributed by atoms with E-state index in [9.17, 15) is 0 Å². The van der Waals surface area contributed by atoms with Crippen LogP contribution in [0.4, 0.5) is 0 Å². The van der Waals surface area contributed by atoms with E-state index in [0.29, 0.717) is 5.92 Å². The first-order valence-electron chi connectivity index (χ1n) is 8.09. The van der Waals surface area contributed by atoms with Gasteiger partial charge in [0.25, 0.3) is 0 Å². The second-order valence-corrected chi connectivity index (χ2v) is 6.21. The van der Waals surface area contributed by atoms with Crippen LogP contribution in [-0.2, 0) is 0 Å². The van der Waals surface area contributed by atoms with E-state index in [4.69, 9.17) is 0 Å². The monoisotopic (exact) mass is 292 g/mol. The molecule has 0 amide bonds. The number of benzene rings is 4. The molecule has 1 aliphatic carbocycles. The number of rotatable bonds is 1. The molecular weight excluding hydrogens is 276 g/mol. The van der Waals surface area contributed by atoms with Crippen molar-refractivity contribution in [2.24, 2.45) is 0 Å². The van der Waals surface area contributed by atoms with Gasteiger partial charge in [-0.15, -0.1) is 0 Å². The Hall–Kier alpha value is -2.86. The Morgan fingerprint density at radius 2 is 1.04 bits per heavy atom. The molecule has 0 unspecified atom stereocenters. The van der Waals surface area contributed by atoms with Gasteiger partial charge in [0.1, 0.15) is 0 Å². The van der Waals surface area contributed by atoms with E-state index >= 15 is 0 Å². The van der Waals surface area contributed by atoms with Gasteiger partial charge in [0.2, 0.25) is 0 Å². The normalized spacial score (nSPS) is 13.0. The van der Waals surface area contributed by atoms with Crippen LogP contribution in [-0.4, -0.2) is 0 Å². The lowest BCUT2D eigenvalue weighted by atomic mass is 9.88. The van der Waals surface area contributed by atoms with Gasteiger partial charge in [0, 0.05) is 5.92 Å². The minimum Gasteiger partial charge on any atom is -0.0619 e. The average molecular weight is 292 g/mol. The van der Waals surface area contributed by atoms with Gasteiger partial charge in [-0.05, 0) is 38.6 Å². The third-order valence-electron chi connectivity index (χ3n) is 4.94. The summed E-state index contributed by atoms with van der Waals surface area (Å²) in [4.78, 5) is 0. The van der Waals surface area contributed by atoms with E-state index in [1.54, 1.807) is 0 Å². The molecule has 0 spiro atoms. The van der Waals surface area contributed by atoms with E-state index in [-0.39, 0.29) is 0 Å². The maximum Gasteiger partial charge on any atom is 0.0352 e. The van der Waals surface area contributed by atoms with E-state index in [1.807, 2.05) is 0 Å². The summed E-state index contributed by atoms with van der Waals surface area (Å²) in [5, 5.41) is 2.61. The zero-order valence-electron chi connectivity index (χ0n) is 12.7. The molecule has 23 heavy (non-hydrogen) atoms. The fourth-order valence-electron chi connectivity index (χ4n) is 3.90. The van der Waals surface area contributed by atoms with Crippen LogP contribution in [0.5, 0.6) is 0 Å². The molecule has 0 saturated heterocycles. The summed E-state index contributed by atoms with van der Waals surface area (Å²) < 4.78 is 0. The first kappa shape index (κ1) is 12.7.